The second kappa shape index (κ2) is 6.32. The third-order valence-electron chi connectivity index (χ3n) is 4.08. The first-order chi connectivity index (χ1) is 8.61. The molecule has 2 N–H and O–H groups in total. The van der Waals surface area contributed by atoms with Crippen LogP contribution in [0.2, 0.25) is 0 Å². The molecule has 0 amide bonds. The van der Waals surface area contributed by atoms with Gasteiger partial charge in [0.2, 0.25) is 10.0 Å². The van der Waals surface area contributed by atoms with Gasteiger partial charge < -0.3 is 10.2 Å². The van der Waals surface area contributed by atoms with Gasteiger partial charge in [-0.3, -0.25) is 0 Å². The van der Waals surface area contributed by atoms with Gasteiger partial charge in [-0.2, -0.15) is 0 Å². The summed E-state index contributed by atoms with van der Waals surface area (Å²) in [5.74, 6) is 0.182. The van der Waals surface area contributed by atoms with Gasteiger partial charge in [-0.05, 0) is 58.8 Å². The van der Waals surface area contributed by atoms with Crippen molar-refractivity contribution in [2.75, 3.05) is 31.9 Å². The molecule has 0 aromatic heterocycles. The second-order valence-corrected chi connectivity index (χ2v) is 7.36. The van der Waals surface area contributed by atoms with Gasteiger partial charge in [-0.15, -0.1) is 0 Å². The van der Waals surface area contributed by atoms with E-state index < -0.39 is 10.0 Å². The lowest BCUT2D eigenvalue weighted by Crippen LogP contribution is -2.50. The quantitative estimate of drug-likeness (QED) is 0.766. The summed E-state index contributed by atoms with van der Waals surface area (Å²) >= 11 is 0. The molecule has 2 rings (SSSR count). The average Bonchev–Trinajstić information content (AvgIpc) is 2.40. The highest BCUT2D eigenvalue weighted by molar-refractivity contribution is 7.89. The van der Waals surface area contributed by atoms with Gasteiger partial charge in [0.15, 0.2) is 0 Å². The maximum absolute atomic E-state index is 11.5. The molecule has 2 aliphatic rings. The van der Waals surface area contributed by atoms with Crippen LogP contribution in [0.4, 0.5) is 0 Å². The van der Waals surface area contributed by atoms with E-state index in [1.165, 1.54) is 12.8 Å². The van der Waals surface area contributed by atoms with Crippen LogP contribution in [0.5, 0.6) is 0 Å². The highest BCUT2D eigenvalue weighted by Gasteiger charge is 2.27. The second-order valence-electron chi connectivity index (χ2n) is 5.31. The van der Waals surface area contributed by atoms with Gasteiger partial charge in [0, 0.05) is 12.1 Å². The van der Waals surface area contributed by atoms with Crippen LogP contribution in [0.15, 0.2) is 0 Å². The minimum atomic E-state index is -3.04. The van der Waals surface area contributed by atoms with Crippen molar-refractivity contribution in [1.82, 2.24) is 14.9 Å². The first-order valence-corrected chi connectivity index (χ1v) is 8.70. The van der Waals surface area contributed by atoms with E-state index in [9.17, 15) is 8.42 Å². The van der Waals surface area contributed by atoms with Crippen molar-refractivity contribution in [2.45, 2.75) is 44.7 Å². The van der Waals surface area contributed by atoms with Gasteiger partial charge in [-0.25, -0.2) is 13.1 Å². The molecule has 0 saturated carbocycles. The molecule has 0 unspecified atom stereocenters. The molecule has 2 saturated heterocycles. The fraction of sp³-hybridized carbons (Fsp3) is 1.00. The Morgan fingerprint density at radius 3 is 2.33 bits per heavy atom. The Balaban J connectivity index is 1.77. The summed E-state index contributed by atoms with van der Waals surface area (Å²) in [6, 6.07) is 0.850. The number of nitrogens with zero attached hydrogens (tertiary/aromatic N) is 1. The molecule has 18 heavy (non-hydrogen) atoms. The number of rotatable bonds is 4. The Morgan fingerprint density at radius 1 is 1.17 bits per heavy atom. The zero-order valence-corrected chi connectivity index (χ0v) is 12.0. The topological polar surface area (TPSA) is 61.4 Å². The summed E-state index contributed by atoms with van der Waals surface area (Å²) < 4.78 is 25.8. The van der Waals surface area contributed by atoms with Crippen LogP contribution in [0.3, 0.4) is 0 Å². The van der Waals surface area contributed by atoms with Crippen molar-refractivity contribution in [3.05, 3.63) is 0 Å². The molecule has 0 aromatic rings. The van der Waals surface area contributed by atoms with Gasteiger partial charge in [0.1, 0.15) is 0 Å². The van der Waals surface area contributed by atoms with Crippen molar-refractivity contribution in [3.8, 4) is 0 Å². The van der Waals surface area contributed by atoms with Gasteiger partial charge in [0.05, 0.1) is 5.75 Å². The number of sulfonamides is 1. The lowest BCUT2D eigenvalue weighted by Gasteiger charge is -2.39. The Kier molecular flexibility index (Phi) is 5.00. The monoisotopic (exact) mass is 275 g/mol. The smallest absolute Gasteiger partial charge is 0.211 e. The van der Waals surface area contributed by atoms with Crippen LogP contribution < -0.4 is 10.0 Å². The molecule has 2 fully saturated rings. The van der Waals surface area contributed by atoms with Crippen LogP contribution in [0.1, 0.15) is 32.6 Å². The molecule has 6 heteroatoms. The van der Waals surface area contributed by atoms with E-state index in [0.29, 0.717) is 6.04 Å². The molecule has 0 bridgehead atoms. The zero-order chi connectivity index (χ0) is 13.0. The van der Waals surface area contributed by atoms with E-state index in [1.807, 2.05) is 0 Å². The van der Waals surface area contributed by atoms with Crippen molar-refractivity contribution in [2.24, 2.45) is 0 Å². The summed E-state index contributed by atoms with van der Waals surface area (Å²) in [6.45, 7) is 5.98. The Labute approximate surface area is 110 Å². The summed E-state index contributed by atoms with van der Waals surface area (Å²) in [5.41, 5.74) is 0. The Bertz CT molecular complexity index is 344. The molecule has 0 atom stereocenters. The largest absolute Gasteiger partial charge is 0.317 e. The summed E-state index contributed by atoms with van der Waals surface area (Å²) in [5, 5.41) is 3.38. The number of hydrogen-bond donors (Lipinski definition) is 2. The Morgan fingerprint density at radius 2 is 1.78 bits per heavy atom. The van der Waals surface area contributed by atoms with Crippen LogP contribution in [-0.4, -0.2) is 57.3 Å². The molecule has 2 aliphatic heterocycles. The lowest BCUT2D eigenvalue weighted by atomic mass is 9.99. The van der Waals surface area contributed by atoms with Crippen LogP contribution in [0.25, 0.3) is 0 Å². The fourth-order valence-electron chi connectivity index (χ4n) is 2.89. The van der Waals surface area contributed by atoms with Crippen molar-refractivity contribution < 1.29 is 8.42 Å². The molecule has 0 spiro atoms. The standard InChI is InChI=1S/C12H25N3O2S/c1-2-18(16,17)14-11-5-9-15(10-6-11)12-3-7-13-8-4-12/h11-14H,2-10H2,1H3. The average molecular weight is 275 g/mol. The summed E-state index contributed by atoms with van der Waals surface area (Å²) in [4.78, 5) is 2.54. The van der Waals surface area contributed by atoms with Gasteiger partial charge in [-0.1, -0.05) is 0 Å². The molecule has 5 nitrogen and oxygen atoms in total. The predicted molar refractivity (Wildman–Crippen MR) is 73.1 cm³/mol. The Hall–Kier alpha value is -0.170. The van der Waals surface area contributed by atoms with E-state index >= 15 is 0 Å². The SMILES string of the molecule is CCS(=O)(=O)NC1CCN(C2CCNCC2)CC1. The minimum absolute atomic E-state index is 0.146. The van der Waals surface area contributed by atoms with Crippen LogP contribution >= 0.6 is 0 Å². The predicted octanol–water partition coefficient (Wildman–Crippen LogP) is 0.142. The third kappa shape index (κ3) is 3.91. The van der Waals surface area contributed by atoms with Crippen molar-refractivity contribution in [1.29, 1.82) is 0 Å². The maximum Gasteiger partial charge on any atom is 0.211 e. The molecule has 2 heterocycles. The highest BCUT2D eigenvalue weighted by atomic mass is 32.2. The van der Waals surface area contributed by atoms with E-state index in [4.69, 9.17) is 0 Å². The first-order valence-electron chi connectivity index (χ1n) is 7.05. The summed E-state index contributed by atoms with van der Waals surface area (Å²) in [7, 11) is -3.04. The molecule has 106 valence electrons. The lowest BCUT2D eigenvalue weighted by molar-refractivity contribution is 0.125. The zero-order valence-electron chi connectivity index (χ0n) is 11.2. The van der Waals surface area contributed by atoms with Crippen molar-refractivity contribution in [3.63, 3.8) is 0 Å². The molecule has 0 aliphatic carbocycles. The highest BCUT2D eigenvalue weighted by Crippen LogP contribution is 2.18. The third-order valence-corrected chi connectivity index (χ3v) is 5.53. The van der Waals surface area contributed by atoms with E-state index in [-0.39, 0.29) is 11.8 Å². The van der Waals surface area contributed by atoms with Gasteiger partial charge >= 0.3 is 0 Å². The minimum Gasteiger partial charge on any atom is -0.317 e. The fourth-order valence-corrected chi connectivity index (χ4v) is 3.80. The number of piperidine rings is 2. The van der Waals surface area contributed by atoms with Crippen molar-refractivity contribution >= 4 is 10.0 Å². The van der Waals surface area contributed by atoms with E-state index in [0.717, 1.165) is 39.0 Å². The molecule has 0 aromatic carbocycles. The molecular formula is C12H25N3O2S. The van der Waals surface area contributed by atoms with Crippen LogP contribution in [-0.2, 0) is 10.0 Å². The summed E-state index contributed by atoms with van der Waals surface area (Å²) in [6.07, 6.45) is 4.35. The first kappa shape index (κ1) is 14.2. The molecular weight excluding hydrogens is 250 g/mol. The van der Waals surface area contributed by atoms with Crippen LogP contribution in [0, 0.1) is 0 Å². The number of hydrogen-bond acceptors (Lipinski definition) is 4. The van der Waals surface area contributed by atoms with E-state index in [1.54, 1.807) is 6.92 Å². The molecule has 0 radical (unpaired) electrons. The normalized spacial score (nSPS) is 25.4. The number of nitrogens with one attached hydrogen (secondary N) is 2. The van der Waals surface area contributed by atoms with Gasteiger partial charge in [0.25, 0.3) is 0 Å². The van der Waals surface area contributed by atoms with E-state index in [2.05, 4.69) is 14.9 Å². The number of likely N-dealkylation sites (tertiary alicyclic amines) is 1. The maximum atomic E-state index is 11.5.